The predicted octanol–water partition coefficient (Wildman–Crippen LogP) is 3.64. The normalized spacial score (nSPS) is 13.8. The second-order valence-corrected chi connectivity index (χ2v) is 7.93. The van der Waals surface area contributed by atoms with Crippen molar-refractivity contribution in [1.29, 1.82) is 0 Å². The van der Waals surface area contributed by atoms with Gasteiger partial charge in [-0.1, -0.05) is 12.1 Å². The number of hydrogen-bond donors (Lipinski definition) is 1. The SMILES string of the molecule is CCOC(=O)Oc1ccc(C(=O)N2CCC(NC(=O)COc3cccc(C)c3C)CC2)cc1. The summed E-state index contributed by atoms with van der Waals surface area (Å²) in [5, 5.41) is 3.00. The minimum atomic E-state index is -0.778. The summed E-state index contributed by atoms with van der Waals surface area (Å²) in [6, 6.07) is 12.1. The van der Waals surface area contributed by atoms with Crippen LogP contribution in [0.25, 0.3) is 0 Å². The third kappa shape index (κ3) is 6.71. The van der Waals surface area contributed by atoms with E-state index in [0.717, 1.165) is 11.1 Å². The molecular formula is C25H30N2O6. The van der Waals surface area contributed by atoms with Crippen molar-refractivity contribution in [2.45, 2.75) is 39.7 Å². The van der Waals surface area contributed by atoms with Gasteiger partial charge >= 0.3 is 6.16 Å². The molecule has 8 nitrogen and oxygen atoms in total. The number of nitrogens with zero attached hydrogens (tertiary/aromatic N) is 1. The first kappa shape index (κ1) is 24.1. The Morgan fingerprint density at radius 1 is 1.03 bits per heavy atom. The Morgan fingerprint density at radius 3 is 2.39 bits per heavy atom. The number of piperidine rings is 1. The molecule has 8 heteroatoms. The van der Waals surface area contributed by atoms with Gasteiger partial charge in [-0.05, 0) is 75.1 Å². The lowest BCUT2D eigenvalue weighted by Gasteiger charge is -2.32. The first-order chi connectivity index (χ1) is 15.9. The highest BCUT2D eigenvalue weighted by Gasteiger charge is 2.25. The van der Waals surface area contributed by atoms with Crippen molar-refractivity contribution in [3.8, 4) is 11.5 Å². The fourth-order valence-electron chi connectivity index (χ4n) is 3.61. The molecule has 1 fully saturated rings. The standard InChI is InChI=1S/C25H30N2O6/c1-4-31-25(30)33-21-10-8-19(9-11-21)24(29)27-14-12-20(13-15-27)26-23(28)16-32-22-7-5-6-17(2)18(22)3/h5-11,20H,4,12-16H2,1-3H3,(H,26,28). The van der Waals surface area contributed by atoms with Crippen molar-refractivity contribution in [3.63, 3.8) is 0 Å². The van der Waals surface area contributed by atoms with Crippen molar-refractivity contribution in [3.05, 3.63) is 59.2 Å². The molecule has 1 aliphatic rings. The molecule has 0 aromatic heterocycles. The van der Waals surface area contributed by atoms with Gasteiger partial charge in [0.05, 0.1) is 6.61 Å². The second-order valence-electron chi connectivity index (χ2n) is 7.93. The van der Waals surface area contributed by atoms with E-state index >= 15 is 0 Å². The van der Waals surface area contributed by atoms with Crippen LogP contribution in [0.2, 0.25) is 0 Å². The predicted molar refractivity (Wildman–Crippen MR) is 123 cm³/mol. The Kier molecular flexibility index (Phi) is 8.29. The molecule has 33 heavy (non-hydrogen) atoms. The number of amides is 2. The van der Waals surface area contributed by atoms with Gasteiger partial charge in [-0.25, -0.2) is 4.79 Å². The summed E-state index contributed by atoms with van der Waals surface area (Å²) < 4.78 is 15.4. The number of aryl methyl sites for hydroxylation is 1. The molecular weight excluding hydrogens is 424 g/mol. The number of rotatable bonds is 7. The Labute approximate surface area is 193 Å². The van der Waals surface area contributed by atoms with Crippen LogP contribution < -0.4 is 14.8 Å². The molecule has 1 N–H and O–H groups in total. The van der Waals surface area contributed by atoms with E-state index in [1.807, 2.05) is 32.0 Å². The number of ether oxygens (including phenoxy) is 3. The zero-order chi connectivity index (χ0) is 23.8. The average molecular weight is 455 g/mol. The second kappa shape index (κ2) is 11.4. The molecule has 2 aromatic carbocycles. The third-order valence-corrected chi connectivity index (χ3v) is 5.63. The quantitative estimate of drug-likeness (QED) is 0.507. The van der Waals surface area contributed by atoms with Crippen LogP contribution in [0.1, 0.15) is 41.3 Å². The largest absolute Gasteiger partial charge is 0.513 e. The molecule has 1 saturated heterocycles. The Bertz CT molecular complexity index is 981. The van der Waals surface area contributed by atoms with Crippen molar-refractivity contribution in [2.24, 2.45) is 0 Å². The van der Waals surface area contributed by atoms with E-state index in [4.69, 9.17) is 14.2 Å². The molecule has 3 rings (SSSR count). The minimum absolute atomic E-state index is 0.00381. The maximum absolute atomic E-state index is 12.8. The van der Waals surface area contributed by atoms with Gasteiger partial charge in [-0.15, -0.1) is 0 Å². The van der Waals surface area contributed by atoms with Gasteiger partial charge in [0.15, 0.2) is 6.61 Å². The van der Waals surface area contributed by atoms with E-state index in [2.05, 4.69) is 5.32 Å². The fraction of sp³-hybridized carbons (Fsp3) is 0.400. The van der Waals surface area contributed by atoms with E-state index < -0.39 is 6.16 Å². The van der Waals surface area contributed by atoms with Gasteiger partial charge in [0.2, 0.25) is 0 Å². The van der Waals surface area contributed by atoms with E-state index in [9.17, 15) is 14.4 Å². The molecule has 0 aliphatic carbocycles. The van der Waals surface area contributed by atoms with Crippen LogP contribution >= 0.6 is 0 Å². The third-order valence-electron chi connectivity index (χ3n) is 5.63. The number of likely N-dealkylation sites (tertiary alicyclic amines) is 1. The molecule has 0 unspecified atom stereocenters. The van der Waals surface area contributed by atoms with Crippen LogP contribution in [-0.2, 0) is 9.53 Å². The molecule has 176 valence electrons. The maximum Gasteiger partial charge on any atom is 0.513 e. The van der Waals surface area contributed by atoms with Crippen LogP contribution in [0.4, 0.5) is 4.79 Å². The van der Waals surface area contributed by atoms with Gasteiger partial charge < -0.3 is 24.4 Å². The number of carbonyl (C=O) groups excluding carboxylic acids is 3. The lowest BCUT2D eigenvalue weighted by molar-refractivity contribution is -0.124. The molecule has 0 bridgehead atoms. The minimum Gasteiger partial charge on any atom is -0.483 e. The van der Waals surface area contributed by atoms with Gasteiger partial charge in [0.25, 0.3) is 11.8 Å². The summed E-state index contributed by atoms with van der Waals surface area (Å²) in [4.78, 5) is 38.2. The highest BCUT2D eigenvalue weighted by molar-refractivity contribution is 5.94. The van der Waals surface area contributed by atoms with Crippen molar-refractivity contribution < 1.29 is 28.6 Å². The Morgan fingerprint density at radius 2 is 1.73 bits per heavy atom. The summed E-state index contributed by atoms with van der Waals surface area (Å²) in [6.45, 7) is 6.94. The Hall–Kier alpha value is -3.55. The van der Waals surface area contributed by atoms with Crippen LogP contribution in [0, 0.1) is 13.8 Å². The van der Waals surface area contributed by atoms with Crippen molar-refractivity contribution >= 4 is 18.0 Å². The summed E-state index contributed by atoms with van der Waals surface area (Å²) in [5.41, 5.74) is 2.65. The topological polar surface area (TPSA) is 94.2 Å². The monoisotopic (exact) mass is 454 g/mol. The van der Waals surface area contributed by atoms with Gasteiger partial charge in [-0.3, -0.25) is 9.59 Å². The summed E-state index contributed by atoms with van der Waals surface area (Å²) in [5.74, 6) is 0.761. The van der Waals surface area contributed by atoms with Gasteiger partial charge in [-0.2, -0.15) is 0 Å². The molecule has 2 amide bonds. The molecule has 1 aliphatic heterocycles. The summed E-state index contributed by atoms with van der Waals surface area (Å²) >= 11 is 0. The highest BCUT2D eigenvalue weighted by Crippen LogP contribution is 2.21. The number of carbonyl (C=O) groups is 3. The lowest BCUT2D eigenvalue weighted by atomic mass is 10.0. The molecule has 1 heterocycles. The van der Waals surface area contributed by atoms with Crippen LogP contribution in [0.15, 0.2) is 42.5 Å². The first-order valence-corrected chi connectivity index (χ1v) is 11.1. The molecule has 0 radical (unpaired) electrons. The number of hydrogen-bond acceptors (Lipinski definition) is 6. The smallest absolute Gasteiger partial charge is 0.483 e. The summed E-state index contributed by atoms with van der Waals surface area (Å²) in [6.07, 6.45) is 0.566. The maximum atomic E-state index is 12.8. The molecule has 0 spiro atoms. The van der Waals surface area contributed by atoms with E-state index in [-0.39, 0.29) is 31.1 Å². The summed E-state index contributed by atoms with van der Waals surface area (Å²) in [7, 11) is 0. The first-order valence-electron chi connectivity index (χ1n) is 11.1. The molecule has 0 atom stereocenters. The van der Waals surface area contributed by atoms with Crippen molar-refractivity contribution in [2.75, 3.05) is 26.3 Å². The zero-order valence-corrected chi connectivity index (χ0v) is 19.3. The molecule has 2 aromatic rings. The fourth-order valence-corrected chi connectivity index (χ4v) is 3.61. The van der Waals surface area contributed by atoms with Crippen LogP contribution in [0.3, 0.4) is 0 Å². The van der Waals surface area contributed by atoms with E-state index in [1.54, 1.807) is 36.1 Å². The lowest BCUT2D eigenvalue weighted by Crippen LogP contribution is -2.47. The number of benzene rings is 2. The van der Waals surface area contributed by atoms with Crippen LogP contribution in [0.5, 0.6) is 11.5 Å². The van der Waals surface area contributed by atoms with Gasteiger partial charge in [0, 0.05) is 24.7 Å². The zero-order valence-electron chi connectivity index (χ0n) is 19.3. The highest BCUT2D eigenvalue weighted by atomic mass is 16.7. The van der Waals surface area contributed by atoms with E-state index in [1.165, 1.54) is 0 Å². The molecule has 0 saturated carbocycles. The number of nitrogens with one attached hydrogen (secondary N) is 1. The Balaban J connectivity index is 1.43. The van der Waals surface area contributed by atoms with Crippen LogP contribution in [-0.4, -0.2) is 55.2 Å². The average Bonchev–Trinajstić information content (AvgIpc) is 2.81. The van der Waals surface area contributed by atoms with E-state index in [0.29, 0.717) is 43.0 Å². The van der Waals surface area contributed by atoms with Crippen molar-refractivity contribution in [1.82, 2.24) is 10.2 Å². The van der Waals surface area contributed by atoms with Gasteiger partial charge in [0.1, 0.15) is 11.5 Å².